The van der Waals surface area contributed by atoms with E-state index < -0.39 is 0 Å². The number of aromatic nitrogens is 4. The lowest BCUT2D eigenvalue weighted by atomic mass is 9.96. The average molecular weight is 406 g/mol. The van der Waals surface area contributed by atoms with Gasteiger partial charge in [-0.25, -0.2) is 4.68 Å². The quantitative estimate of drug-likeness (QED) is 0.648. The van der Waals surface area contributed by atoms with Gasteiger partial charge < -0.3 is 15.0 Å². The smallest absolute Gasteiger partial charge is 0.223 e. The lowest BCUT2D eigenvalue weighted by Crippen LogP contribution is -2.41. The highest BCUT2D eigenvalue weighted by Crippen LogP contribution is 2.22. The molecule has 30 heavy (non-hydrogen) atoms. The number of methoxy groups -OCH3 is 1. The number of hydrogen-bond donors (Lipinski definition) is 1. The lowest BCUT2D eigenvalue weighted by Gasteiger charge is -2.31. The van der Waals surface area contributed by atoms with Crippen LogP contribution in [-0.2, 0) is 11.2 Å². The van der Waals surface area contributed by atoms with Crippen LogP contribution in [-0.4, -0.2) is 52.6 Å². The Morgan fingerprint density at radius 1 is 1.13 bits per heavy atom. The number of nitrogens with one attached hydrogen (secondary N) is 1. The van der Waals surface area contributed by atoms with Crippen molar-refractivity contribution in [2.45, 2.75) is 19.3 Å². The van der Waals surface area contributed by atoms with Crippen LogP contribution in [0.25, 0.3) is 5.82 Å². The van der Waals surface area contributed by atoms with Crippen LogP contribution in [0.1, 0.15) is 18.4 Å². The predicted octanol–water partition coefficient (Wildman–Crippen LogP) is 2.25. The van der Waals surface area contributed by atoms with Gasteiger partial charge in [-0.05, 0) is 55.2 Å². The first-order valence-corrected chi connectivity index (χ1v) is 10.2. The molecule has 0 atom stereocenters. The molecular weight excluding hydrogens is 380 g/mol. The first-order valence-electron chi connectivity index (χ1n) is 10.2. The van der Waals surface area contributed by atoms with Crippen molar-refractivity contribution in [3.63, 3.8) is 0 Å². The van der Waals surface area contributed by atoms with Gasteiger partial charge in [0.1, 0.15) is 5.75 Å². The molecule has 0 saturated carbocycles. The third kappa shape index (κ3) is 4.76. The summed E-state index contributed by atoms with van der Waals surface area (Å²) in [4.78, 5) is 14.7. The third-order valence-corrected chi connectivity index (χ3v) is 5.41. The number of piperidine rings is 1. The van der Waals surface area contributed by atoms with E-state index in [9.17, 15) is 4.79 Å². The maximum atomic E-state index is 12.5. The highest BCUT2D eigenvalue weighted by atomic mass is 16.5. The van der Waals surface area contributed by atoms with Crippen LogP contribution in [0.15, 0.2) is 54.9 Å². The van der Waals surface area contributed by atoms with Gasteiger partial charge >= 0.3 is 0 Å². The predicted molar refractivity (Wildman–Crippen MR) is 114 cm³/mol. The largest absolute Gasteiger partial charge is 0.497 e. The van der Waals surface area contributed by atoms with E-state index in [1.165, 1.54) is 0 Å². The lowest BCUT2D eigenvalue weighted by molar-refractivity contribution is -0.125. The van der Waals surface area contributed by atoms with Gasteiger partial charge in [0.2, 0.25) is 5.91 Å². The number of nitrogens with zero attached hydrogens (tertiary/aromatic N) is 5. The molecule has 1 aliphatic rings. The van der Waals surface area contributed by atoms with Gasteiger partial charge in [0.25, 0.3) is 0 Å². The van der Waals surface area contributed by atoms with E-state index in [0.717, 1.165) is 49.5 Å². The number of rotatable bonds is 7. The molecule has 1 amide bonds. The molecule has 1 aromatic carbocycles. The standard InChI is InChI=1S/C22H26N6O2/c1-30-19-5-2-4-17(16-19)8-12-23-22(29)18-9-14-27(15-10-18)20-6-7-21(26-25-20)28-13-3-11-24-28/h2-7,11,13,16,18H,8-10,12,14-15H2,1H3,(H,23,29). The van der Waals surface area contributed by atoms with Crippen molar-refractivity contribution in [1.82, 2.24) is 25.3 Å². The number of amides is 1. The molecule has 0 bridgehead atoms. The summed E-state index contributed by atoms with van der Waals surface area (Å²) in [5, 5.41) is 15.8. The van der Waals surface area contributed by atoms with Crippen LogP contribution in [0.4, 0.5) is 5.82 Å². The summed E-state index contributed by atoms with van der Waals surface area (Å²) in [5.41, 5.74) is 1.15. The molecule has 3 heterocycles. The normalized spacial score (nSPS) is 14.5. The molecule has 1 N–H and O–H groups in total. The molecule has 8 heteroatoms. The van der Waals surface area contributed by atoms with Gasteiger partial charge in [-0.1, -0.05) is 12.1 Å². The molecule has 1 aliphatic heterocycles. The number of hydrogen-bond acceptors (Lipinski definition) is 6. The van der Waals surface area contributed by atoms with Crippen LogP contribution < -0.4 is 15.0 Å². The van der Waals surface area contributed by atoms with E-state index in [2.05, 4.69) is 25.5 Å². The number of benzene rings is 1. The number of carbonyl (C=O) groups is 1. The highest BCUT2D eigenvalue weighted by molar-refractivity contribution is 5.79. The minimum absolute atomic E-state index is 0.0443. The molecule has 8 nitrogen and oxygen atoms in total. The zero-order valence-corrected chi connectivity index (χ0v) is 17.1. The van der Waals surface area contributed by atoms with Crippen molar-refractivity contribution in [2.75, 3.05) is 31.6 Å². The van der Waals surface area contributed by atoms with Crippen molar-refractivity contribution < 1.29 is 9.53 Å². The molecule has 4 rings (SSSR count). The Morgan fingerprint density at radius 3 is 2.63 bits per heavy atom. The van der Waals surface area contributed by atoms with Crippen molar-refractivity contribution in [2.24, 2.45) is 5.92 Å². The maximum absolute atomic E-state index is 12.5. The van der Waals surface area contributed by atoms with Crippen molar-refractivity contribution >= 4 is 11.7 Å². The second-order valence-electron chi connectivity index (χ2n) is 7.35. The van der Waals surface area contributed by atoms with E-state index in [1.807, 2.05) is 48.7 Å². The molecule has 3 aromatic rings. The zero-order chi connectivity index (χ0) is 20.8. The fraction of sp³-hybridized carbons (Fsp3) is 0.364. The topological polar surface area (TPSA) is 85.2 Å². The van der Waals surface area contributed by atoms with Gasteiger partial charge in [-0.2, -0.15) is 5.10 Å². The fourth-order valence-electron chi connectivity index (χ4n) is 3.69. The monoisotopic (exact) mass is 406 g/mol. The zero-order valence-electron chi connectivity index (χ0n) is 17.1. The molecule has 0 aliphatic carbocycles. The highest BCUT2D eigenvalue weighted by Gasteiger charge is 2.25. The Bertz CT molecular complexity index is 950. The minimum Gasteiger partial charge on any atom is -0.497 e. The van der Waals surface area contributed by atoms with Crippen LogP contribution in [0.2, 0.25) is 0 Å². The Kier molecular flexibility index (Phi) is 6.22. The maximum Gasteiger partial charge on any atom is 0.223 e. The summed E-state index contributed by atoms with van der Waals surface area (Å²) in [7, 11) is 1.66. The van der Waals surface area contributed by atoms with Crippen molar-refractivity contribution in [3.05, 3.63) is 60.4 Å². The van der Waals surface area contributed by atoms with E-state index in [-0.39, 0.29) is 11.8 Å². The Morgan fingerprint density at radius 2 is 1.93 bits per heavy atom. The molecule has 0 unspecified atom stereocenters. The van der Waals surface area contributed by atoms with Gasteiger partial charge in [-0.3, -0.25) is 4.79 Å². The van der Waals surface area contributed by atoms with Gasteiger partial charge in [0.15, 0.2) is 11.6 Å². The summed E-state index contributed by atoms with van der Waals surface area (Å²) in [6.07, 6.45) is 5.96. The van der Waals surface area contributed by atoms with Crippen molar-refractivity contribution in [1.29, 1.82) is 0 Å². The summed E-state index contributed by atoms with van der Waals surface area (Å²) in [6.45, 7) is 2.22. The summed E-state index contributed by atoms with van der Waals surface area (Å²) >= 11 is 0. The summed E-state index contributed by atoms with van der Waals surface area (Å²) < 4.78 is 6.92. The number of anilines is 1. The SMILES string of the molecule is COc1cccc(CCNC(=O)C2CCN(c3ccc(-n4cccn4)nn3)CC2)c1. The Balaban J connectivity index is 1.23. The summed E-state index contributed by atoms with van der Waals surface area (Å²) in [6, 6.07) is 13.7. The number of ether oxygens (including phenoxy) is 1. The molecule has 156 valence electrons. The third-order valence-electron chi connectivity index (χ3n) is 5.41. The molecule has 1 saturated heterocycles. The minimum atomic E-state index is 0.0443. The Labute approximate surface area is 175 Å². The molecule has 0 spiro atoms. The van der Waals surface area contributed by atoms with Crippen LogP contribution in [0.3, 0.4) is 0 Å². The van der Waals surface area contributed by atoms with E-state index in [1.54, 1.807) is 18.0 Å². The van der Waals surface area contributed by atoms with Gasteiger partial charge in [0, 0.05) is 37.9 Å². The second kappa shape index (κ2) is 9.39. The van der Waals surface area contributed by atoms with E-state index in [4.69, 9.17) is 4.74 Å². The summed E-state index contributed by atoms with van der Waals surface area (Å²) in [5.74, 6) is 2.55. The van der Waals surface area contributed by atoms with E-state index in [0.29, 0.717) is 12.4 Å². The first-order chi connectivity index (χ1) is 14.7. The fourth-order valence-corrected chi connectivity index (χ4v) is 3.69. The number of carbonyl (C=O) groups excluding carboxylic acids is 1. The second-order valence-corrected chi connectivity index (χ2v) is 7.35. The molecular formula is C22H26N6O2. The van der Waals surface area contributed by atoms with Crippen LogP contribution in [0, 0.1) is 5.92 Å². The average Bonchev–Trinajstić information content (AvgIpc) is 3.34. The Hall–Kier alpha value is -3.42. The van der Waals surface area contributed by atoms with Crippen LogP contribution in [0.5, 0.6) is 5.75 Å². The van der Waals surface area contributed by atoms with Crippen molar-refractivity contribution in [3.8, 4) is 11.6 Å². The first kappa shape index (κ1) is 19.9. The van der Waals surface area contributed by atoms with Gasteiger partial charge in [-0.15, -0.1) is 10.2 Å². The molecule has 0 radical (unpaired) electrons. The molecule has 2 aromatic heterocycles. The molecule has 1 fully saturated rings. The van der Waals surface area contributed by atoms with E-state index >= 15 is 0 Å². The van der Waals surface area contributed by atoms with Crippen LogP contribution >= 0.6 is 0 Å². The van der Waals surface area contributed by atoms with Gasteiger partial charge in [0.05, 0.1) is 7.11 Å².